The Morgan fingerprint density at radius 1 is 1.00 bits per heavy atom. The smallest absolute Gasteiger partial charge is 0.314 e. The maximum atomic E-state index is 14.3. The van der Waals surface area contributed by atoms with Crippen LogP contribution in [-0.2, 0) is 11.2 Å². The van der Waals surface area contributed by atoms with Crippen molar-refractivity contribution in [2.75, 3.05) is 0 Å². The summed E-state index contributed by atoms with van der Waals surface area (Å²) in [5.74, 6) is 4.41. The number of fused-ring (bicyclic) bond motifs is 1. The molecule has 3 saturated carbocycles. The highest BCUT2D eigenvalue weighted by Crippen LogP contribution is 2.49. The number of halogens is 1. The summed E-state index contributed by atoms with van der Waals surface area (Å²) in [5.41, 5.74) is 0.642. The van der Waals surface area contributed by atoms with Crippen LogP contribution >= 0.6 is 0 Å². The van der Waals surface area contributed by atoms with Crippen LogP contribution in [0.1, 0.15) is 96.0 Å². The fourth-order valence-electron chi connectivity index (χ4n) is 7.20. The molecule has 0 aliphatic heterocycles. The Morgan fingerprint density at radius 2 is 1.67 bits per heavy atom. The molecule has 1 aromatic carbocycles. The van der Waals surface area contributed by atoms with E-state index in [2.05, 4.69) is 13.5 Å². The summed E-state index contributed by atoms with van der Waals surface area (Å²) in [4.78, 5) is 12.7. The van der Waals surface area contributed by atoms with Gasteiger partial charge in [0.15, 0.2) is 0 Å². The molecule has 3 aliphatic carbocycles. The third kappa shape index (κ3) is 6.28. The van der Waals surface area contributed by atoms with Gasteiger partial charge in [-0.15, -0.1) is 6.58 Å². The Hall–Kier alpha value is -1.64. The molecule has 0 spiro atoms. The van der Waals surface area contributed by atoms with Crippen LogP contribution in [0.15, 0.2) is 30.9 Å². The third-order valence-corrected chi connectivity index (χ3v) is 9.09. The molecule has 3 heteroatoms. The first-order valence-electron chi connectivity index (χ1n) is 13.7. The van der Waals surface area contributed by atoms with Gasteiger partial charge < -0.3 is 4.74 Å². The lowest BCUT2D eigenvalue weighted by Gasteiger charge is -2.45. The fraction of sp³-hybridized carbons (Fsp3) is 0.700. The Morgan fingerprint density at radius 3 is 2.36 bits per heavy atom. The van der Waals surface area contributed by atoms with Gasteiger partial charge in [-0.25, -0.2) is 4.39 Å². The second kappa shape index (κ2) is 11.7. The van der Waals surface area contributed by atoms with Gasteiger partial charge in [0.05, 0.1) is 5.92 Å². The van der Waals surface area contributed by atoms with E-state index in [1.807, 2.05) is 0 Å². The number of allylic oxidation sites excluding steroid dienone is 1. The van der Waals surface area contributed by atoms with E-state index in [0.717, 1.165) is 61.7 Å². The van der Waals surface area contributed by atoms with Gasteiger partial charge in [-0.1, -0.05) is 38.3 Å². The molecule has 4 atom stereocenters. The number of hydrogen-bond donors (Lipinski definition) is 0. The second-order valence-electron chi connectivity index (χ2n) is 11.2. The quantitative estimate of drug-likeness (QED) is 0.224. The van der Waals surface area contributed by atoms with Crippen LogP contribution in [-0.4, -0.2) is 5.97 Å². The van der Waals surface area contributed by atoms with Crippen LogP contribution in [0, 0.1) is 41.3 Å². The fourth-order valence-corrected chi connectivity index (χ4v) is 7.20. The summed E-state index contributed by atoms with van der Waals surface area (Å²) in [6, 6.07) is 4.80. The maximum Gasteiger partial charge on any atom is 0.314 e. The minimum Gasteiger partial charge on any atom is -0.426 e. The van der Waals surface area contributed by atoms with E-state index < -0.39 is 0 Å². The zero-order valence-electron chi connectivity index (χ0n) is 20.6. The average Bonchev–Trinajstić information content (AvgIpc) is 2.83. The van der Waals surface area contributed by atoms with Gasteiger partial charge in [-0.3, -0.25) is 4.79 Å². The summed E-state index contributed by atoms with van der Waals surface area (Å²) in [5, 5.41) is 0. The normalized spacial score (nSPS) is 32.1. The zero-order valence-corrected chi connectivity index (χ0v) is 20.6. The van der Waals surface area contributed by atoms with E-state index >= 15 is 0 Å². The van der Waals surface area contributed by atoms with Gasteiger partial charge >= 0.3 is 5.97 Å². The van der Waals surface area contributed by atoms with Gasteiger partial charge in [-0.05, 0) is 112 Å². The van der Waals surface area contributed by atoms with E-state index in [1.54, 1.807) is 18.2 Å². The molecule has 0 bridgehead atoms. The molecule has 0 N–H and O–H groups in total. The summed E-state index contributed by atoms with van der Waals surface area (Å²) in [6.07, 6.45) is 18.7. The van der Waals surface area contributed by atoms with E-state index in [4.69, 9.17) is 4.74 Å². The topological polar surface area (TPSA) is 26.3 Å². The average molecular weight is 455 g/mol. The molecule has 1 aromatic rings. The molecule has 33 heavy (non-hydrogen) atoms. The lowest BCUT2D eigenvalue weighted by atomic mass is 9.60. The number of rotatable bonds is 8. The predicted molar refractivity (Wildman–Crippen MR) is 133 cm³/mol. The molecule has 3 aliphatic rings. The number of carbonyl (C=O) groups is 1. The summed E-state index contributed by atoms with van der Waals surface area (Å²) >= 11 is 0. The van der Waals surface area contributed by atoms with Crippen molar-refractivity contribution in [1.82, 2.24) is 0 Å². The number of aryl methyl sites for hydroxylation is 1. The molecular weight excluding hydrogens is 411 g/mol. The number of ether oxygens (including phenoxy) is 1. The number of benzene rings is 1. The second-order valence-corrected chi connectivity index (χ2v) is 11.2. The van der Waals surface area contributed by atoms with Crippen molar-refractivity contribution in [3.05, 3.63) is 42.2 Å². The Bertz CT molecular complexity index is 794. The minimum atomic E-state index is -0.301. The Labute approximate surface area is 200 Å². The number of carbonyl (C=O) groups excluding carboxylic acids is 1. The summed E-state index contributed by atoms with van der Waals surface area (Å²) < 4.78 is 19.9. The molecular formula is C30H43FO2. The van der Waals surface area contributed by atoms with Crippen molar-refractivity contribution in [1.29, 1.82) is 0 Å². The summed E-state index contributed by atoms with van der Waals surface area (Å²) in [7, 11) is 0. The van der Waals surface area contributed by atoms with Crippen LogP contribution in [0.25, 0.3) is 0 Å². The van der Waals surface area contributed by atoms with E-state index in [1.165, 1.54) is 57.4 Å². The van der Waals surface area contributed by atoms with Crippen LogP contribution in [0.3, 0.4) is 0 Å². The number of esters is 1. The largest absolute Gasteiger partial charge is 0.426 e. The molecule has 2 nitrogen and oxygen atoms in total. The first-order chi connectivity index (χ1) is 16.1. The molecule has 0 saturated heterocycles. The maximum absolute atomic E-state index is 14.3. The molecule has 182 valence electrons. The van der Waals surface area contributed by atoms with Crippen molar-refractivity contribution in [3.63, 3.8) is 0 Å². The Balaban J connectivity index is 1.22. The molecule has 0 amide bonds. The first-order valence-corrected chi connectivity index (χ1v) is 13.7. The summed E-state index contributed by atoms with van der Waals surface area (Å²) in [6.45, 7) is 6.01. The van der Waals surface area contributed by atoms with Gasteiger partial charge in [0.25, 0.3) is 0 Å². The van der Waals surface area contributed by atoms with Crippen molar-refractivity contribution in [3.8, 4) is 5.75 Å². The molecule has 4 rings (SSSR count). The highest BCUT2D eigenvalue weighted by molar-refractivity contribution is 5.75. The first kappa shape index (κ1) is 24.5. The highest BCUT2D eigenvalue weighted by Gasteiger charge is 2.39. The lowest BCUT2D eigenvalue weighted by molar-refractivity contribution is -0.140. The van der Waals surface area contributed by atoms with E-state index in [0.29, 0.717) is 17.7 Å². The van der Waals surface area contributed by atoms with E-state index in [-0.39, 0.29) is 17.7 Å². The Kier molecular flexibility index (Phi) is 8.66. The SMILES string of the molecule is C=CCCc1ccc(OC(=O)C2CCC(C3CCC4CC(CCC)CCC4C3)CC2)cc1F. The molecule has 3 fully saturated rings. The lowest BCUT2D eigenvalue weighted by Crippen LogP contribution is -2.35. The minimum absolute atomic E-state index is 0.0365. The molecule has 0 aromatic heterocycles. The van der Waals surface area contributed by atoms with Crippen molar-refractivity contribution >= 4 is 5.97 Å². The van der Waals surface area contributed by atoms with Gasteiger partial charge in [-0.2, -0.15) is 0 Å². The highest BCUT2D eigenvalue weighted by atomic mass is 19.1. The van der Waals surface area contributed by atoms with Crippen molar-refractivity contribution < 1.29 is 13.9 Å². The molecule has 4 unspecified atom stereocenters. The van der Waals surface area contributed by atoms with Crippen LogP contribution in [0.4, 0.5) is 4.39 Å². The molecule has 0 radical (unpaired) electrons. The van der Waals surface area contributed by atoms with Crippen LogP contribution in [0.5, 0.6) is 5.75 Å². The molecule has 0 heterocycles. The van der Waals surface area contributed by atoms with Gasteiger partial charge in [0.1, 0.15) is 11.6 Å². The van der Waals surface area contributed by atoms with Crippen LogP contribution < -0.4 is 4.74 Å². The predicted octanol–water partition coefficient (Wildman–Crippen LogP) is 8.29. The standard InChI is InChI=1S/C30H43FO2/c1-3-5-7-23-16-17-28(20-29(23)31)33-30(32)24-12-10-22(11-13-24)26-15-14-25-18-21(6-4-2)8-9-27(25)19-26/h3,16-17,20-22,24-27H,1,4-15,18-19H2,2H3. The van der Waals surface area contributed by atoms with Crippen molar-refractivity contribution in [2.24, 2.45) is 35.5 Å². The third-order valence-electron chi connectivity index (χ3n) is 9.09. The monoisotopic (exact) mass is 454 g/mol. The van der Waals surface area contributed by atoms with Crippen molar-refractivity contribution in [2.45, 2.75) is 96.8 Å². The van der Waals surface area contributed by atoms with Crippen LogP contribution in [0.2, 0.25) is 0 Å². The van der Waals surface area contributed by atoms with Gasteiger partial charge in [0, 0.05) is 6.07 Å². The van der Waals surface area contributed by atoms with E-state index in [9.17, 15) is 9.18 Å². The van der Waals surface area contributed by atoms with Gasteiger partial charge in [0.2, 0.25) is 0 Å². The number of hydrogen-bond acceptors (Lipinski definition) is 2. The zero-order chi connectivity index (χ0) is 23.2.